The molecule has 0 spiro atoms. The van der Waals surface area contributed by atoms with Gasteiger partial charge in [0.1, 0.15) is 0 Å². The highest BCUT2D eigenvalue weighted by molar-refractivity contribution is 7.78. The Morgan fingerprint density at radius 1 is 1.11 bits per heavy atom. The second-order valence-corrected chi connectivity index (χ2v) is 4.45. The fraction of sp³-hybridized carbons (Fsp3) is 0.267. The topological polar surface area (TPSA) is 38.1 Å². The number of unbranched alkanes of at least 4 members (excludes halogenated alkanes) is 1. The molecule has 0 fully saturated rings. The summed E-state index contributed by atoms with van der Waals surface area (Å²) in [7, 11) is 0. The summed E-state index contributed by atoms with van der Waals surface area (Å²) in [5.41, 5.74) is 3.75. The van der Waals surface area contributed by atoms with E-state index in [-0.39, 0.29) is 0 Å². The van der Waals surface area contributed by atoms with Gasteiger partial charge in [-0.25, -0.2) is 0 Å². The summed E-state index contributed by atoms with van der Waals surface area (Å²) in [5, 5.41) is 10.9. The number of aryl methyl sites for hydroxylation is 1. The molecular weight excluding hydrogens is 254 g/mol. The van der Waals surface area contributed by atoms with E-state index in [0.717, 1.165) is 35.5 Å². The number of aliphatic imine (C=N–C) groups is 1. The van der Waals surface area contributed by atoms with Crippen LogP contribution in [0.4, 0.5) is 5.69 Å². The highest BCUT2D eigenvalue weighted by Crippen LogP contribution is 2.20. The molecule has 0 radical (unpaired) electrons. The SMILES string of the molecule is CCCCc1ccc(-c2ccc(N=C=S)cc2)nn1. The summed E-state index contributed by atoms with van der Waals surface area (Å²) in [6, 6.07) is 11.8. The molecule has 0 unspecified atom stereocenters. The number of hydrogen-bond acceptors (Lipinski definition) is 4. The minimum absolute atomic E-state index is 0.797. The van der Waals surface area contributed by atoms with Crippen molar-refractivity contribution in [3.05, 3.63) is 42.1 Å². The van der Waals surface area contributed by atoms with Crippen molar-refractivity contribution in [3.63, 3.8) is 0 Å². The fourth-order valence-corrected chi connectivity index (χ4v) is 1.87. The van der Waals surface area contributed by atoms with Crippen LogP contribution in [0.2, 0.25) is 0 Å². The van der Waals surface area contributed by atoms with Crippen molar-refractivity contribution in [2.45, 2.75) is 26.2 Å². The van der Waals surface area contributed by atoms with Crippen LogP contribution in [-0.2, 0) is 6.42 Å². The van der Waals surface area contributed by atoms with Crippen molar-refractivity contribution >= 4 is 23.1 Å². The molecule has 1 aromatic carbocycles. The van der Waals surface area contributed by atoms with E-state index in [2.05, 4.69) is 39.5 Å². The zero-order valence-electron chi connectivity index (χ0n) is 10.8. The molecule has 1 heterocycles. The molecule has 4 heteroatoms. The van der Waals surface area contributed by atoms with Crippen LogP contribution in [0.3, 0.4) is 0 Å². The van der Waals surface area contributed by atoms with E-state index < -0.39 is 0 Å². The van der Waals surface area contributed by atoms with Crippen LogP contribution < -0.4 is 0 Å². The Kier molecular flexibility index (Phi) is 4.90. The predicted octanol–water partition coefficient (Wildman–Crippen LogP) is 4.22. The lowest BCUT2D eigenvalue weighted by Crippen LogP contribution is -1.94. The molecule has 0 aliphatic carbocycles. The van der Waals surface area contributed by atoms with Crippen molar-refractivity contribution in [2.24, 2.45) is 4.99 Å². The highest BCUT2D eigenvalue weighted by atomic mass is 32.1. The summed E-state index contributed by atoms with van der Waals surface area (Å²) < 4.78 is 0. The molecule has 0 bridgehead atoms. The van der Waals surface area contributed by atoms with Crippen LogP contribution in [0, 0.1) is 0 Å². The first-order valence-corrected chi connectivity index (χ1v) is 6.75. The minimum atomic E-state index is 0.797. The first-order valence-electron chi connectivity index (χ1n) is 6.34. The molecular formula is C15H15N3S. The average Bonchev–Trinajstić information content (AvgIpc) is 2.47. The largest absolute Gasteiger partial charge is 0.195 e. The van der Waals surface area contributed by atoms with Gasteiger partial charge in [-0.3, -0.25) is 0 Å². The minimum Gasteiger partial charge on any atom is -0.195 e. The zero-order chi connectivity index (χ0) is 13.5. The first kappa shape index (κ1) is 13.5. The Bertz CT molecular complexity index is 569. The van der Waals surface area contributed by atoms with E-state index in [1.165, 1.54) is 6.42 Å². The molecule has 0 aliphatic heterocycles. The van der Waals surface area contributed by atoms with E-state index in [1.54, 1.807) is 0 Å². The van der Waals surface area contributed by atoms with Gasteiger partial charge in [-0.05, 0) is 49.3 Å². The Hall–Kier alpha value is -1.90. The van der Waals surface area contributed by atoms with Gasteiger partial charge in [0.25, 0.3) is 0 Å². The molecule has 0 N–H and O–H groups in total. The van der Waals surface area contributed by atoms with Gasteiger partial charge in [-0.2, -0.15) is 15.2 Å². The van der Waals surface area contributed by atoms with Gasteiger partial charge in [0, 0.05) is 5.56 Å². The van der Waals surface area contributed by atoms with Crippen LogP contribution in [0.1, 0.15) is 25.5 Å². The van der Waals surface area contributed by atoms with Gasteiger partial charge in [0.15, 0.2) is 0 Å². The molecule has 2 aromatic rings. The van der Waals surface area contributed by atoms with Crippen LogP contribution in [0.15, 0.2) is 41.4 Å². The lowest BCUT2D eigenvalue weighted by atomic mass is 10.1. The second-order valence-electron chi connectivity index (χ2n) is 4.26. The van der Waals surface area contributed by atoms with Gasteiger partial charge >= 0.3 is 0 Å². The van der Waals surface area contributed by atoms with Crippen molar-refractivity contribution in [1.82, 2.24) is 10.2 Å². The number of isothiocyanates is 1. The van der Waals surface area contributed by atoms with Crippen molar-refractivity contribution in [3.8, 4) is 11.3 Å². The first-order chi connectivity index (χ1) is 9.33. The molecule has 2 rings (SSSR count). The number of aromatic nitrogens is 2. The third kappa shape index (κ3) is 3.78. The van der Waals surface area contributed by atoms with Crippen molar-refractivity contribution in [1.29, 1.82) is 0 Å². The maximum absolute atomic E-state index is 4.57. The van der Waals surface area contributed by atoms with E-state index >= 15 is 0 Å². The van der Waals surface area contributed by atoms with Gasteiger partial charge < -0.3 is 0 Å². The Morgan fingerprint density at radius 3 is 2.47 bits per heavy atom. The van der Waals surface area contributed by atoms with Crippen LogP contribution >= 0.6 is 12.2 Å². The van der Waals surface area contributed by atoms with Gasteiger partial charge in [0.05, 0.1) is 22.2 Å². The molecule has 0 aliphatic rings. The maximum Gasteiger partial charge on any atom is 0.0929 e. The monoisotopic (exact) mass is 269 g/mol. The lowest BCUT2D eigenvalue weighted by molar-refractivity contribution is 0.760. The third-order valence-electron chi connectivity index (χ3n) is 2.84. The molecule has 96 valence electrons. The predicted molar refractivity (Wildman–Crippen MR) is 80.8 cm³/mol. The molecule has 0 atom stereocenters. The summed E-state index contributed by atoms with van der Waals surface area (Å²) in [6.07, 6.45) is 3.32. The maximum atomic E-state index is 4.57. The fourth-order valence-electron chi connectivity index (χ4n) is 1.76. The van der Waals surface area contributed by atoms with Crippen LogP contribution in [0.25, 0.3) is 11.3 Å². The number of thiocarbonyl (C=S) groups is 1. The van der Waals surface area contributed by atoms with Crippen molar-refractivity contribution in [2.75, 3.05) is 0 Å². The summed E-state index contributed by atoms with van der Waals surface area (Å²) in [5.74, 6) is 0. The second kappa shape index (κ2) is 6.88. The highest BCUT2D eigenvalue weighted by Gasteiger charge is 2.01. The van der Waals surface area contributed by atoms with Gasteiger partial charge in [-0.1, -0.05) is 25.5 Å². The average molecular weight is 269 g/mol. The van der Waals surface area contributed by atoms with Crippen LogP contribution in [0.5, 0.6) is 0 Å². The molecule has 0 saturated carbocycles. The Labute approximate surface area is 118 Å². The molecule has 3 nitrogen and oxygen atoms in total. The number of hydrogen-bond donors (Lipinski definition) is 0. The van der Waals surface area contributed by atoms with E-state index in [4.69, 9.17) is 0 Å². The third-order valence-corrected chi connectivity index (χ3v) is 2.94. The summed E-state index contributed by atoms with van der Waals surface area (Å²) in [4.78, 5) is 3.92. The quantitative estimate of drug-likeness (QED) is 0.602. The number of nitrogens with zero attached hydrogens (tertiary/aromatic N) is 3. The van der Waals surface area contributed by atoms with Crippen molar-refractivity contribution < 1.29 is 0 Å². The standard InChI is InChI=1S/C15H15N3S/c1-2-3-4-14-9-10-15(18-17-14)12-5-7-13(8-6-12)16-11-19/h5-10H,2-4H2,1H3. The van der Waals surface area contributed by atoms with Gasteiger partial charge in [0.2, 0.25) is 0 Å². The Morgan fingerprint density at radius 2 is 1.89 bits per heavy atom. The lowest BCUT2D eigenvalue weighted by Gasteiger charge is -2.02. The zero-order valence-corrected chi connectivity index (χ0v) is 11.7. The van der Waals surface area contributed by atoms with E-state index in [1.807, 2.05) is 36.4 Å². The molecule has 0 saturated heterocycles. The van der Waals surface area contributed by atoms with Gasteiger partial charge in [-0.15, -0.1) is 0 Å². The summed E-state index contributed by atoms with van der Waals surface area (Å²) in [6.45, 7) is 2.17. The van der Waals surface area contributed by atoms with Crippen LogP contribution in [-0.4, -0.2) is 15.4 Å². The Balaban J connectivity index is 2.15. The van der Waals surface area contributed by atoms with E-state index in [0.29, 0.717) is 0 Å². The number of benzene rings is 1. The normalized spacial score (nSPS) is 9.95. The smallest absolute Gasteiger partial charge is 0.0929 e. The molecule has 19 heavy (non-hydrogen) atoms. The molecule has 0 amide bonds. The number of rotatable bonds is 5. The molecule has 1 aromatic heterocycles. The summed E-state index contributed by atoms with van der Waals surface area (Å²) >= 11 is 4.57. The van der Waals surface area contributed by atoms with E-state index in [9.17, 15) is 0 Å².